The lowest BCUT2D eigenvalue weighted by atomic mass is 9.89. The second kappa shape index (κ2) is 7.70. The Hall–Kier alpha value is -0.810. The van der Waals surface area contributed by atoms with Crippen molar-refractivity contribution in [3.05, 3.63) is 0 Å². The fourth-order valence-electron chi connectivity index (χ4n) is 2.32. The fraction of sp³-hybridized carbons (Fsp3) is 0.929. The van der Waals surface area contributed by atoms with Crippen LogP contribution in [0.3, 0.4) is 0 Å². The third-order valence-electron chi connectivity index (χ3n) is 3.67. The molecule has 0 aromatic carbocycles. The lowest BCUT2D eigenvalue weighted by Gasteiger charge is -2.41. The van der Waals surface area contributed by atoms with E-state index in [-0.39, 0.29) is 5.54 Å². The molecule has 1 rings (SSSR count). The third-order valence-corrected chi connectivity index (χ3v) is 3.67. The predicted octanol–water partition coefficient (Wildman–Crippen LogP) is 1.06. The van der Waals surface area contributed by atoms with Gasteiger partial charge in [0.15, 0.2) is 5.96 Å². The van der Waals surface area contributed by atoms with Gasteiger partial charge >= 0.3 is 0 Å². The molecule has 1 fully saturated rings. The van der Waals surface area contributed by atoms with Crippen LogP contribution in [0.4, 0.5) is 0 Å². The molecule has 0 atom stereocenters. The molecular weight excluding hydrogens is 240 g/mol. The Morgan fingerprint density at radius 2 is 1.95 bits per heavy atom. The summed E-state index contributed by atoms with van der Waals surface area (Å²) in [4.78, 5) is 7.07. The van der Waals surface area contributed by atoms with E-state index in [4.69, 9.17) is 9.73 Å². The first-order valence-corrected chi connectivity index (χ1v) is 7.30. The Bertz CT molecular complexity index is 283. The minimum absolute atomic E-state index is 0.136. The molecule has 5 heteroatoms. The summed E-state index contributed by atoms with van der Waals surface area (Å²) in [6.07, 6.45) is 2.09. The van der Waals surface area contributed by atoms with Crippen LogP contribution in [0.2, 0.25) is 0 Å². The Labute approximate surface area is 117 Å². The summed E-state index contributed by atoms with van der Waals surface area (Å²) in [6, 6.07) is 0.391. The van der Waals surface area contributed by atoms with Crippen LogP contribution in [0.1, 0.15) is 33.6 Å². The molecule has 0 spiro atoms. The van der Waals surface area contributed by atoms with Gasteiger partial charge in [0, 0.05) is 31.3 Å². The van der Waals surface area contributed by atoms with Gasteiger partial charge in [0.2, 0.25) is 0 Å². The summed E-state index contributed by atoms with van der Waals surface area (Å²) < 4.78 is 5.49. The van der Waals surface area contributed by atoms with Crippen molar-refractivity contribution in [2.45, 2.75) is 45.2 Å². The van der Waals surface area contributed by atoms with Crippen LogP contribution >= 0.6 is 0 Å². The Morgan fingerprint density at radius 3 is 2.42 bits per heavy atom. The average Bonchev–Trinajstić information content (AvgIpc) is 2.36. The Balaban J connectivity index is 2.70. The van der Waals surface area contributed by atoms with Crippen LogP contribution in [0.15, 0.2) is 4.99 Å². The molecular formula is C14H30N4O. The van der Waals surface area contributed by atoms with E-state index >= 15 is 0 Å². The lowest BCUT2D eigenvalue weighted by Crippen LogP contribution is -2.52. The summed E-state index contributed by atoms with van der Waals surface area (Å²) in [5.41, 5.74) is 0.136. The van der Waals surface area contributed by atoms with E-state index in [1.807, 2.05) is 0 Å². The molecule has 1 heterocycles. The third kappa shape index (κ3) is 4.99. The van der Waals surface area contributed by atoms with E-state index in [9.17, 15) is 0 Å². The van der Waals surface area contributed by atoms with Gasteiger partial charge in [0.25, 0.3) is 0 Å². The highest BCUT2D eigenvalue weighted by Crippen LogP contribution is 2.26. The Morgan fingerprint density at radius 1 is 1.32 bits per heavy atom. The highest BCUT2D eigenvalue weighted by atomic mass is 16.5. The molecule has 0 aromatic heterocycles. The van der Waals surface area contributed by atoms with Crippen molar-refractivity contribution >= 4 is 5.96 Å². The molecule has 0 amide bonds. The smallest absolute Gasteiger partial charge is 0.191 e. The number of rotatable bonds is 5. The highest BCUT2D eigenvalue weighted by molar-refractivity contribution is 5.80. The maximum atomic E-state index is 5.49. The van der Waals surface area contributed by atoms with Crippen molar-refractivity contribution in [3.8, 4) is 0 Å². The molecule has 1 aliphatic heterocycles. The lowest BCUT2D eigenvalue weighted by molar-refractivity contribution is -0.00255. The number of guanidine groups is 1. The van der Waals surface area contributed by atoms with Crippen LogP contribution in [-0.2, 0) is 4.74 Å². The van der Waals surface area contributed by atoms with E-state index in [1.165, 1.54) is 0 Å². The number of aliphatic imine (C=N–C) groups is 1. The van der Waals surface area contributed by atoms with E-state index in [2.05, 4.69) is 50.4 Å². The standard InChI is InChI=1S/C14H30N4O/c1-6-15-13(17-12(2)3)16-11-14(18(4)5)7-9-19-10-8-14/h12H,6-11H2,1-5H3,(H2,15,16,17). The summed E-state index contributed by atoms with van der Waals surface area (Å²) in [7, 11) is 4.28. The number of ether oxygens (including phenoxy) is 1. The first kappa shape index (κ1) is 16.2. The molecule has 0 unspecified atom stereocenters. The molecule has 1 aliphatic rings. The Kier molecular flexibility index (Phi) is 6.58. The predicted molar refractivity (Wildman–Crippen MR) is 80.7 cm³/mol. The first-order valence-electron chi connectivity index (χ1n) is 7.30. The van der Waals surface area contributed by atoms with Gasteiger partial charge in [0.1, 0.15) is 0 Å². The average molecular weight is 270 g/mol. The van der Waals surface area contributed by atoms with E-state index in [0.29, 0.717) is 6.04 Å². The zero-order valence-corrected chi connectivity index (χ0v) is 13.1. The second-order valence-corrected chi connectivity index (χ2v) is 5.73. The normalized spacial score (nSPS) is 19.8. The van der Waals surface area contributed by atoms with Gasteiger partial charge in [-0.3, -0.25) is 4.99 Å². The monoisotopic (exact) mass is 270 g/mol. The molecule has 5 nitrogen and oxygen atoms in total. The van der Waals surface area contributed by atoms with Crippen molar-refractivity contribution in [2.75, 3.05) is 40.4 Å². The van der Waals surface area contributed by atoms with Gasteiger partial charge in [-0.2, -0.15) is 0 Å². The van der Waals surface area contributed by atoms with E-state index in [0.717, 1.165) is 45.1 Å². The van der Waals surface area contributed by atoms with Gasteiger partial charge in [-0.15, -0.1) is 0 Å². The fourth-order valence-corrected chi connectivity index (χ4v) is 2.32. The van der Waals surface area contributed by atoms with Gasteiger partial charge < -0.3 is 20.3 Å². The molecule has 0 bridgehead atoms. The number of hydrogen-bond acceptors (Lipinski definition) is 3. The summed E-state index contributed by atoms with van der Waals surface area (Å²) in [6.45, 7) is 9.71. The summed E-state index contributed by atoms with van der Waals surface area (Å²) in [5.74, 6) is 0.908. The van der Waals surface area contributed by atoms with Crippen molar-refractivity contribution in [1.82, 2.24) is 15.5 Å². The maximum Gasteiger partial charge on any atom is 0.191 e. The van der Waals surface area contributed by atoms with Crippen molar-refractivity contribution in [2.24, 2.45) is 4.99 Å². The summed E-state index contributed by atoms with van der Waals surface area (Å²) in [5, 5.41) is 6.66. The number of nitrogens with one attached hydrogen (secondary N) is 2. The molecule has 112 valence electrons. The van der Waals surface area contributed by atoms with Crippen molar-refractivity contribution in [1.29, 1.82) is 0 Å². The highest BCUT2D eigenvalue weighted by Gasteiger charge is 2.34. The van der Waals surface area contributed by atoms with E-state index < -0.39 is 0 Å². The molecule has 19 heavy (non-hydrogen) atoms. The maximum absolute atomic E-state index is 5.49. The quantitative estimate of drug-likeness (QED) is 0.579. The first-order chi connectivity index (χ1) is 9.00. The zero-order valence-electron chi connectivity index (χ0n) is 13.1. The van der Waals surface area contributed by atoms with Crippen LogP contribution in [0, 0.1) is 0 Å². The number of hydrogen-bond donors (Lipinski definition) is 2. The van der Waals surface area contributed by atoms with Gasteiger partial charge in [-0.1, -0.05) is 0 Å². The van der Waals surface area contributed by atoms with E-state index in [1.54, 1.807) is 0 Å². The minimum atomic E-state index is 0.136. The van der Waals surface area contributed by atoms with Crippen LogP contribution in [0.25, 0.3) is 0 Å². The molecule has 0 saturated carbocycles. The molecule has 0 aromatic rings. The number of likely N-dealkylation sites (N-methyl/N-ethyl adjacent to an activating group) is 1. The SMILES string of the molecule is CCNC(=NCC1(N(C)C)CCOCC1)NC(C)C. The van der Waals surface area contributed by atoms with Crippen LogP contribution in [0.5, 0.6) is 0 Å². The summed E-state index contributed by atoms with van der Waals surface area (Å²) >= 11 is 0. The van der Waals surface area contributed by atoms with Crippen LogP contribution < -0.4 is 10.6 Å². The molecule has 2 N–H and O–H groups in total. The number of nitrogens with zero attached hydrogens (tertiary/aromatic N) is 2. The molecule has 0 aliphatic carbocycles. The van der Waals surface area contributed by atoms with Crippen LogP contribution in [-0.4, -0.2) is 62.8 Å². The van der Waals surface area contributed by atoms with Crippen molar-refractivity contribution < 1.29 is 4.74 Å². The topological polar surface area (TPSA) is 48.9 Å². The molecule has 0 radical (unpaired) electrons. The molecule has 1 saturated heterocycles. The second-order valence-electron chi connectivity index (χ2n) is 5.73. The zero-order chi connectivity index (χ0) is 14.3. The van der Waals surface area contributed by atoms with Gasteiger partial charge in [-0.05, 0) is 47.7 Å². The van der Waals surface area contributed by atoms with Crippen molar-refractivity contribution in [3.63, 3.8) is 0 Å². The largest absolute Gasteiger partial charge is 0.381 e. The van der Waals surface area contributed by atoms with Gasteiger partial charge in [0.05, 0.1) is 6.54 Å². The minimum Gasteiger partial charge on any atom is -0.381 e. The van der Waals surface area contributed by atoms with Gasteiger partial charge in [-0.25, -0.2) is 0 Å².